The molecular formula is C25H32F6N2O4. The molecule has 2 aliphatic heterocycles. The minimum Gasteiger partial charge on any atom is -0.389 e. The fraction of sp³-hybridized carbons (Fsp3) is 0.720. The monoisotopic (exact) mass is 538 g/mol. The number of amides is 1. The molecule has 1 saturated carbocycles. The molecule has 3 N–H and O–H groups in total. The van der Waals surface area contributed by atoms with Crippen molar-refractivity contribution in [3.05, 3.63) is 34.9 Å². The number of carbonyl (C=O) groups excluding carboxylic acids is 1. The van der Waals surface area contributed by atoms with Crippen LogP contribution in [0.5, 0.6) is 0 Å². The Labute approximate surface area is 211 Å². The van der Waals surface area contributed by atoms with E-state index < -0.39 is 46.9 Å². The van der Waals surface area contributed by atoms with E-state index >= 15 is 0 Å². The maximum Gasteiger partial charge on any atom is 0.416 e. The first-order valence-electron chi connectivity index (χ1n) is 12.5. The second-order valence-corrected chi connectivity index (χ2v) is 10.3. The molecule has 3 aliphatic rings. The van der Waals surface area contributed by atoms with Crippen LogP contribution >= 0.6 is 0 Å². The Hall–Kier alpha value is -1.89. The molecule has 4 rings (SSSR count). The van der Waals surface area contributed by atoms with Gasteiger partial charge in [0.15, 0.2) is 0 Å². The van der Waals surface area contributed by atoms with Crippen LogP contribution in [0.25, 0.3) is 0 Å². The van der Waals surface area contributed by atoms with Crippen LogP contribution in [-0.4, -0.2) is 55.1 Å². The van der Waals surface area contributed by atoms with Crippen LogP contribution in [-0.2, 0) is 33.2 Å². The van der Waals surface area contributed by atoms with Crippen molar-refractivity contribution in [1.29, 1.82) is 0 Å². The lowest BCUT2D eigenvalue weighted by molar-refractivity contribution is -0.168. The van der Waals surface area contributed by atoms with Crippen molar-refractivity contribution in [2.75, 3.05) is 26.4 Å². The van der Waals surface area contributed by atoms with E-state index in [0.29, 0.717) is 44.6 Å². The van der Waals surface area contributed by atoms with Gasteiger partial charge in [0.2, 0.25) is 5.91 Å². The summed E-state index contributed by atoms with van der Waals surface area (Å²) < 4.78 is 90.3. The summed E-state index contributed by atoms with van der Waals surface area (Å²) in [5.74, 6) is -0.570. The molecule has 1 amide bonds. The number of benzene rings is 1. The van der Waals surface area contributed by atoms with Crippen LogP contribution in [0.4, 0.5) is 26.3 Å². The zero-order chi connectivity index (χ0) is 26.9. The molecule has 0 aromatic heterocycles. The van der Waals surface area contributed by atoms with E-state index in [1.807, 2.05) is 0 Å². The third kappa shape index (κ3) is 6.23. The molecule has 2 saturated heterocycles. The number of carbonyl (C=O) groups is 1. The van der Waals surface area contributed by atoms with Gasteiger partial charge in [-0.3, -0.25) is 4.79 Å². The summed E-state index contributed by atoms with van der Waals surface area (Å²) in [4.78, 5) is 13.6. The van der Waals surface area contributed by atoms with Crippen LogP contribution in [0.1, 0.15) is 61.6 Å². The molecule has 2 atom stereocenters. The van der Waals surface area contributed by atoms with Gasteiger partial charge in [0.25, 0.3) is 0 Å². The fourth-order valence-corrected chi connectivity index (χ4v) is 5.89. The number of nitrogens with one attached hydrogen (secondary N) is 2. The lowest BCUT2D eigenvalue weighted by Crippen LogP contribution is -2.58. The van der Waals surface area contributed by atoms with Crippen molar-refractivity contribution in [3.63, 3.8) is 0 Å². The van der Waals surface area contributed by atoms with Gasteiger partial charge in [0.1, 0.15) is 0 Å². The maximum atomic E-state index is 13.6. The topological polar surface area (TPSA) is 79.8 Å². The fourth-order valence-electron chi connectivity index (χ4n) is 5.89. The van der Waals surface area contributed by atoms with E-state index in [9.17, 15) is 36.2 Å². The van der Waals surface area contributed by atoms with Gasteiger partial charge in [-0.1, -0.05) is 0 Å². The van der Waals surface area contributed by atoms with E-state index in [0.717, 1.165) is 12.8 Å². The first-order chi connectivity index (χ1) is 17.3. The zero-order valence-electron chi connectivity index (χ0n) is 20.3. The Morgan fingerprint density at radius 1 is 0.865 bits per heavy atom. The van der Waals surface area contributed by atoms with E-state index in [1.165, 1.54) is 0 Å². The highest BCUT2D eigenvalue weighted by atomic mass is 19.4. The first-order valence-corrected chi connectivity index (χ1v) is 12.5. The minimum absolute atomic E-state index is 0.0566. The second kappa shape index (κ2) is 10.7. The number of ether oxygens (including phenoxy) is 2. The SMILES string of the molecule is O=C(NCc1cc(C(F)(F)F)cc(C(F)(F)F)c1)C1(C2(O)CCOCC2)CCC(NC2CCOCC2)C1. The molecule has 208 valence electrons. The predicted molar refractivity (Wildman–Crippen MR) is 120 cm³/mol. The Morgan fingerprint density at radius 2 is 1.43 bits per heavy atom. The molecule has 12 heteroatoms. The Balaban J connectivity index is 1.55. The molecule has 1 aliphatic carbocycles. The van der Waals surface area contributed by atoms with Gasteiger partial charge in [-0.25, -0.2) is 0 Å². The van der Waals surface area contributed by atoms with Crippen molar-refractivity contribution >= 4 is 5.91 Å². The summed E-state index contributed by atoms with van der Waals surface area (Å²) in [5, 5.41) is 17.7. The molecule has 3 fully saturated rings. The largest absolute Gasteiger partial charge is 0.416 e. The maximum absolute atomic E-state index is 13.6. The van der Waals surface area contributed by atoms with E-state index in [2.05, 4.69) is 10.6 Å². The average Bonchev–Trinajstić information content (AvgIpc) is 3.28. The third-order valence-electron chi connectivity index (χ3n) is 7.95. The Kier molecular flexibility index (Phi) is 8.14. The predicted octanol–water partition coefficient (Wildman–Crippen LogP) is 4.19. The number of halogens is 6. The van der Waals surface area contributed by atoms with E-state index in [4.69, 9.17) is 9.47 Å². The molecule has 0 radical (unpaired) electrons. The highest BCUT2D eigenvalue weighted by molar-refractivity contribution is 5.84. The van der Waals surface area contributed by atoms with Crippen LogP contribution in [0.15, 0.2) is 18.2 Å². The standard InChI is InChI=1S/C25H32F6N2O4/c26-24(27,28)17-11-16(12-18(13-17)25(29,30)31)15-32-21(34)22(23(35)5-9-37-10-6-23)4-1-20(14-22)33-19-2-7-36-8-3-19/h11-13,19-20,33,35H,1-10,14-15H2,(H,32,34). The molecule has 2 unspecified atom stereocenters. The van der Waals surface area contributed by atoms with Crippen molar-refractivity contribution in [2.24, 2.45) is 5.41 Å². The number of hydrogen-bond donors (Lipinski definition) is 3. The number of alkyl halides is 6. The average molecular weight is 539 g/mol. The lowest BCUT2D eigenvalue weighted by atomic mass is 9.65. The highest BCUT2D eigenvalue weighted by Crippen LogP contribution is 2.51. The summed E-state index contributed by atoms with van der Waals surface area (Å²) in [6.45, 7) is 1.25. The molecule has 2 heterocycles. The molecule has 1 aromatic rings. The zero-order valence-corrected chi connectivity index (χ0v) is 20.3. The van der Waals surface area contributed by atoms with Gasteiger partial charge in [-0.15, -0.1) is 0 Å². The Bertz CT molecular complexity index is 925. The lowest BCUT2D eigenvalue weighted by Gasteiger charge is -2.46. The van der Waals surface area contributed by atoms with Gasteiger partial charge < -0.3 is 25.2 Å². The summed E-state index contributed by atoms with van der Waals surface area (Å²) in [5.41, 5.74) is -5.84. The number of aliphatic hydroxyl groups is 1. The van der Waals surface area contributed by atoms with Gasteiger partial charge >= 0.3 is 12.4 Å². The van der Waals surface area contributed by atoms with Gasteiger partial charge in [-0.05, 0) is 55.9 Å². The normalized spacial score (nSPS) is 27.3. The van der Waals surface area contributed by atoms with Crippen LogP contribution in [0.3, 0.4) is 0 Å². The molecule has 1 aromatic carbocycles. The summed E-state index contributed by atoms with van der Waals surface area (Å²) in [6, 6.07) is 1.42. The highest BCUT2D eigenvalue weighted by Gasteiger charge is 2.59. The second-order valence-electron chi connectivity index (χ2n) is 10.3. The van der Waals surface area contributed by atoms with Gasteiger partial charge in [-0.2, -0.15) is 26.3 Å². The first kappa shape index (κ1) is 28.1. The number of rotatable bonds is 6. The van der Waals surface area contributed by atoms with Crippen molar-refractivity contribution in [1.82, 2.24) is 10.6 Å². The summed E-state index contributed by atoms with van der Waals surface area (Å²) in [6.07, 6.45) is -6.63. The van der Waals surface area contributed by atoms with Crippen molar-refractivity contribution < 1.29 is 45.7 Å². The van der Waals surface area contributed by atoms with Crippen molar-refractivity contribution in [3.8, 4) is 0 Å². The smallest absolute Gasteiger partial charge is 0.389 e. The molecule has 0 bridgehead atoms. The Morgan fingerprint density at radius 3 is 2.00 bits per heavy atom. The minimum atomic E-state index is -4.98. The van der Waals surface area contributed by atoms with E-state index in [-0.39, 0.29) is 49.8 Å². The van der Waals surface area contributed by atoms with Crippen LogP contribution in [0.2, 0.25) is 0 Å². The quantitative estimate of drug-likeness (QED) is 0.474. The van der Waals surface area contributed by atoms with Gasteiger partial charge in [0.05, 0.1) is 22.1 Å². The van der Waals surface area contributed by atoms with Crippen LogP contribution in [0, 0.1) is 5.41 Å². The van der Waals surface area contributed by atoms with E-state index in [1.54, 1.807) is 0 Å². The van der Waals surface area contributed by atoms with Gasteiger partial charge in [0, 0.05) is 57.9 Å². The van der Waals surface area contributed by atoms with Crippen LogP contribution < -0.4 is 10.6 Å². The third-order valence-corrected chi connectivity index (χ3v) is 7.95. The molecular weight excluding hydrogens is 506 g/mol. The molecule has 0 spiro atoms. The summed E-state index contributed by atoms with van der Waals surface area (Å²) in [7, 11) is 0. The molecule has 6 nitrogen and oxygen atoms in total. The summed E-state index contributed by atoms with van der Waals surface area (Å²) >= 11 is 0. The van der Waals surface area contributed by atoms with Crippen molar-refractivity contribution in [2.45, 2.75) is 81.5 Å². The molecule has 37 heavy (non-hydrogen) atoms. The number of hydrogen-bond acceptors (Lipinski definition) is 5.